The zero-order chi connectivity index (χ0) is 10.5. The Hall–Kier alpha value is -1.75. The van der Waals surface area contributed by atoms with Crippen molar-refractivity contribution in [3.8, 4) is 0 Å². The highest BCUT2D eigenvalue weighted by Crippen LogP contribution is 2.34. The van der Waals surface area contributed by atoms with Crippen molar-refractivity contribution in [3.05, 3.63) is 36.4 Å². The number of nitrogens with one attached hydrogen (secondary N) is 2. The molecule has 1 heterocycles. The van der Waals surface area contributed by atoms with Crippen LogP contribution in [0.25, 0.3) is 10.8 Å². The van der Waals surface area contributed by atoms with E-state index in [0.29, 0.717) is 11.4 Å². The first kappa shape index (κ1) is 8.55. The lowest BCUT2D eigenvalue weighted by Crippen LogP contribution is -2.25. The summed E-state index contributed by atoms with van der Waals surface area (Å²) in [5, 5.41) is 1.84. The van der Waals surface area contributed by atoms with Crippen LogP contribution in [0.5, 0.6) is 0 Å². The number of anilines is 2. The van der Waals surface area contributed by atoms with Crippen LogP contribution in [-0.4, -0.2) is 8.42 Å². The Morgan fingerprint density at radius 1 is 1.13 bits per heavy atom. The fraction of sp³-hybridized carbons (Fsp3) is 0. The molecule has 0 saturated heterocycles. The van der Waals surface area contributed by atoms with Crippen LogP contribution in [-0.2, 0) is 10.2 Å². The molecule has 5 heteroatoms. The lowest BCUT2D eigenvalue weighted by atomic mass is 10.1. The van der Waals surface area contributed by atoms with Crippen LogP contribution in [0.1, 0.15) is 0 Å². The van der Waals surface area contributed by atoms with E-state index in [4.69, 9.17) is 0 Å². The van der Waals surface area contributed by atoms with Gasteiger partial charge in [-0.15, -0.1) is 0 Å². The van der Waals surface area contributed by atoms with Crippen LogP contribution in [0, 0.1) is 6.07 Å². The summed E-state index contributed by atoms with van der Waals surface area (Å²) in [6, 6.07) is 12.0. The van der Waals surface area contributed by atoms with Gasteiger partial charge in [-0.2, -0.15) is 8.42 Å². The summed E-state index contributed by atoms with van der Waals surface area (Å²) >= 11 is 0. The second kappa shape index (κ2) is 2.64. The normalized spacial score (nSPS) is 16.8. The van der Waals surface area contributed by atoms with E-state index in [1.807, 2.05) is 18.2 Å². The molecule has 2 aromatic carbocycles. The number of benzene rings is 2. The van der Waals surface area contributed by atoms with Gasteiger partial charge in [0.1, 0.15) is 0 Å². The second-order valence-electron chi connectivity index (χ2n) is 3.33. The van der Waals surface area contributed by atoms with Gasteiger partial charge in [-0.3, -0.25) is 9.44 Å². The average Bonchev–Trinajstić information content (AvgIpc) is 2.16. The van der Waals surface area contributed by atoms with Crippen molar-refractivity contribution in [2.75, 3.05) is 9.44 Å². The lowest BCUT2D eigenvalue weighted by molar-refractivity contribution is 0.606. The smallest absolute Gasteiger partial charge is 0.266 e. The molecule has 2 N–H and O–H groups in total. The molecule has 0 aromatic heterocycles. The molecular weight excluding hydrogens is 212 g/mol. The first-order valence-electron chi connectivity index (χ1n) is 4.40. The van der Waals surface area contributed by atoms with Crippen LogP contribution in [0.3, 0.4) is 0 Å². The molecule has 0 unspecified atom stereocenters. The van der Waals surface area contributed by atoms with E-state index >= 15 is 0 Å². The second-order valence-corrected chi connectivity index (χ2v) is 4.75. The molecule has 0 atom stereocenters. The van der Waals surface area contributed by atoms with Gasteiger partial charge in [-0.05, 0) is 11.5 Å². The standard InChI is InChI=1S/C10H7N2O2S/c13-15(14)11-8-5-1-3-7-4-2-6-9(12-15)10(7)8/h1-5,11-12H. The maximum absolute atomic E-state index is 11.4. The summed E-state index contributed by atoms with van der Waals surface area (Å²) in [4.78, 5) is 0. The highest BCUT2D eigenvalue weighted by Gasteiger charge is 2.20. The molecule has 4 nitrogen and oxygen atoms in total. The Morgan fingerprint density at radius 3 is 2.87 bits per heavy atom. The van der Waals surface area contributed by atoms with E-state index in [2.05, 4.69) is 15.5 Å². The summed E-state index contributed by atoms with van der Waals surface area (Å²) < 4.78 is 27.7. The lowest BCUT2D eigenvalue weighted by Gasteiger charge is -2.19. The van der Waals surface area contributed by atoms with Gasteiger partial charge in [0.25, 0.3) is 0 Å². The van der Waals surface area contributed by atoms with Gasteiger partial charge in [0.2, 0.25) is 0 Å². The Labute approximate surface area is 87.1 Å². The molecule has 0 fully saturated rings. The fourth-order valence-electron chi connectivity index (χ4n) is 1.75. The average molecular weight is 219 g/mol. The molecule has 0 amide bonds. The monoisotopic (exact) mass is 219 g/mol. The van der Waals surface area contributed by atoms with E-state index in [1.165, 1.54) is 0 Å². The van der Waals surface area contributed by atoms with Gasteiger partial charge in [-0.25, -0.2) is 0 Å². The van der Waals surface area contributed by atoms with Gasteiger partial charge in [0.05, 0.1) is 11.4 Å². The third-order valence-electron chi connectivity index (χ3n) is 2.32. The van der Waals surface area contributed by atoms with E-state index in [-0.39, 0.29) is 0 Å². The van der Waals surface area contributed by atoms with Crippen LogP contribution >= 0.6 is 0 Å². The summed E-state index contributed by atoms with van der Waals surface area (Å²) in [5.74, 6) is 0. The number of rotatable bonds is 0. The predicted molar refractivity (Wildman–Crippen MR) is 58.9 cm³/mol. The van der Waals surface area contributed by atoms with Crippen molar-refractivity contribution in [1.29, 1.82) is 0 Å². The van der Waals surface area contributed by atoms with Crippen molar-refractivity contribution in [2.45, 2.75) is 0 Å². The maximum atomic E-state index is 11.4. The molecule has 2 aromatic rings. The molecule has 0 saturated carbocycles. The molecule has 3 rings (SSSR count). The maximum Gasteiger partial charge on any atom is 0.321 e. The van der Waals surface area contributed by atoms with Gasteiger partial charge in [-0.1, -0.05) is 24.3 Å². The minimum Gasteiger partial charge on any atom is -0.266 e. The van der Waals surface area contributed by atoms with Gasteiger partial charge in [0, 0.05) is 11.5 Å². The minimum absolute atomic E-state index is 0.502. The minimum atomic E-state index is -3.47. The Morgan fingerprint density at radius 2 is 2.00 bits per heavy atom. The molecule has 75 valence electrons. The predicted octanol–water partition coefficient (Wildman–Crippen LogP) is 1.72. The van der Waals surface area contributed by atoms with E-state index in [0.717, 1.165) is 10.8 Å². The van der Waals surface area contributed by atoms with Gasteiger partial charge < -0.3 is 0 Å². The number of hydrogen-bond acceptors (Lipinski definition) is 2. The van der Waals surface area contributed by atoms with E-state index in [9.17, 15) is 8.42 Å². The van der Waals surface area contributed by atoms with Crippen molar-refractivity contribution in [2.24, 2.45) is 0 Å². The van der Waals surface area contributed by atoms with Crippen LogP contribution in [0.4, 0.5) is 11.4 Å². The molecule has 15 heavy (non-hydrogen) atoms. The largest absolute Gasteiger partial charge is 0.321 e. The summed E-state index contributed by atoms with van der Waals surface area (Å²) in [6.45, 7) is 0. The van der Waals surface area contributed by atoms with Crippen LogP contribution in [0.2, 0.25) is 0 Å². The van der Waals surface area contributed by atoms with Crippen LogP contribution in [0.15, 0.2) is 30.3 Å². The zero-order valence-corrected chi connectivity index (χ0v) is 8.43. The Bertz CT molecular complexity index is 603. The molecule has 1 aliphatic heterocycles. The van der Waals surface area contributed by atoms with Crippen LogP contribution < -0.4 is 9.44 Å². The van der Waals surface area contributed by atoms with E-state index in [1.54, 1.807) is 12.1 Å². The SMILES string of the molecule is O=S1(=O)Nc2[c]ccc3cccc(c23)N1. The van der Waals surface area contributed by atoms with Gasteiger partial charge >= 0.3 is 10.2 Å². The van der Waals surface area contributed by atoms with Gasteiger partial charge in [0.15, 0.2) is 0 Å². The number of hydrogen-bond donors (Lipinski definition) is 2. The highest BCUT2D eigenvalue weighted by molar-refractivity contribution is 7.94. The quantitative estimate of drug-likeness (QED) is 0.708. The highest BCUT2D eigenvalue weighted by atomic mass is 32.2. The molecule has 1 radical (unpaired) electrons. The van der Waals surface area contributed by atoms with Crippen molar-refractivity contribution in [1.82, 2.24) is 0 Å². The molecular formula is C10H7N2O2S. The Balaban J connectivity index is 2.46. The summed E-state index contributed by atoms with van der Waals surface area (Å²) in [7, 11) is -3.47. The fourth-order valence-corrected chi connectivity index (χ4v) is 2.69. The Kier molecular flexibility index (Phi) is 1.50. The molecule has 0 bridgehead atoms. The molecule has 0 spiro atoms. The summed E-state index contributed by atoms with van der Waals surface area (Å²) in [5.41, 5.74) is 1.10. The van der Waals surface area contributed by atoms with E-state index < -0.39 is 10.2 Å². The van der Waals surface area contributed by atoms with Crippen molar-refractivity contribution in [3.63, 3.8) is 0 Å². The third-order valence-corrected chi connectivity index (χ3v) is 3.28. The third kappa shape index (κ3) is 1.24. The van der Waals surface area contributed by atoms with Crippen molar-refractivity contribution < 1.29 is 8.42 Å². The first-order chi connectivity index (χ1) is 7.16. The van der Waals surface area contributed by atoms with Crippen molar-refractivity contribution >= 4 is 32.4 Å². The first-order valence-corrected chi connectivity index (χ1v) is 5.88. The summed E-state index contributed by atoms with van der Waals surface area (Å²) in [6.07, 6.45) is 0. The topological polar surface area (TPSA) is 58.2 Å². The zero-order valence-electron chi connectivity index (χ0n) is 7.61. The molecule has 1 aliphatic rings. The molecule has 0 aliphatic carbocycles.